The minimum atomic E-state index is -0.791. The van der Waals surface area contributed by atoms with E-state index in [4.69, 9.17) is 0 Å². The highest BCUT2D eigenvalue weighted by atomic mass is 32.1. The van der Waals surface area contributed by atoms with Crippen molar-refractivity contribution >= 4 is 27.4 Å². The maximum absolute atomic E-state index is 11.3. The molecule has 88 valence electrons. The van der Waals surface area contributed by atoms with E-state index in [1.54, 1.807) is 11.3 Å². The van der Waals surface area contributed by atoms with Crippen molar-refractivity contribution in [3.63, 3.8) is 0 Å². The third-order valence-corrected chi connectivity index (χ3v) is 4.03. The maximum Gasteiger partial charge on any atom is 0.325 e. The van der Waals surface area contributed by atoms with E-state index < -0.39 is 12.0 Å². The van der Waals surface area contributed by atoms with Gasteiger partial charge in [0.1, 0.15) is 6.04 Å². The quantitative estimate of drug-likeness (QED) is 0.873. The van der Waals surface area contributed by atoms with Gasteiger partial charge in [-0.3, -0.25) is 10.1 Å². The molecule has 0 saturated heterocycles. The van der Waals surface area contributed by atoms with Crippen molar-refractivity contribution in [2.24, 2.45) is 0 Å². The van der Waals surface area contributed by atoms with Crippen LogP contribution in [-0.2, 0) is 4.79 Å². The average molecular weight is 247 g/mol. The third-order valence-electron chi connectivity index (χ3n) is 3.05. The Balaban J connectivity index is 2.01. The van der Waals surface area contributed by atoms with Crippen molar-refractivity contribution in [3.8, 4) is 0 Å². The number of carbonyl (C=O) groups is 1. The Morgan fingerprint density at radius 3 is 2.88 bits per heavy atom. The molecule has 0 spiro atoms. The van der Waals surface area contributed by atoms with Gasteiger partial charge in [0.05, 0.1) is 0 Å². The Bertz CT molecular complexity index is 559. The van der Waals surface area contributed by atoms with Gasteiger partial charge >= 0.3 is 5.97 Å². The van der Waals surface area contributed by atoms with Crippen LogP contribution >= 0.6 is 11.3 Å². The van der Waals surface area contributed by atoms with Gasteiger partial charge in [0.25, 0.3) is 0 Å². The van der Waals surface area contributed by atoms with E-state index >= 15 is 0 Å². The molecule has 0 bridgehead atoms. The van der Waals surface area contributed by atoms with Crippen molar-refractivity contribution in [3.05, 3.63) is 35.2 Å². The topological polar surface area (TPSA) is 49.3 Å². The van der Waals surface area contributed by atoms with Crippen molar-refractivity contribution in [2.45, 2.75) is 24.9 Å². The molecule has 1 unspecified atom stereocenters. The fourth-order valence-electron chi connectivity index (χ4n) is 2.00. The second kappa shape index (κ2) is 4.13. The van der Waals surface area contributed by atoms with Gasteiger partial charge in [0.15, 0.2) is 0 Å². The second-order valence-corrected chi connectivity index (χ2v) is 5.31. The number of hydrogen-bond acceptors (Lipinski definition) is 3. The summed E-state index contributed by atoms with van der Waals surface area (Å²) in [5.74, 6) is -0.791. The maximum atomic E-state index is 11.3. The lowest BCUT2D eigenvalue weighted by Gasteiger charge is -2.13. The summed E-state index contributed by atoms with van der Waals surface area (Å²) in [5, 5.41) is 15.5. The summed E-state index contributed by atoms with van der Waals surface area (Å²) in [4.78, 5) is 11.3. The first-order valence-corrected chi connectivity index (χ1v) is 6.58. The molecule has 2 N–H and O–H groups in total. The summed E-state index contributed by atoms with van der Waals surface area (Å²) in [6.07, 6.45) is 2.18. The molecule has 1 aliphatic carbocycles. The second-order valence-electron chi connectivity index (χ2n) is 4.40. The molecule has 0 radical (unpaired) electrons. The lowest BCUT2D eigenvalue weighted by Crippen LogP contribution is -2.29. The molecule has 1 aromatic carbocycles. The molecule has 2 aromatic rings. The molecule has 1 aromatic heterocycles. The molecule has 3 rings (SSSR count). The molecule has 17 heavy (non-hydrogen) atoms. The normalized spacial score (nSPS) is 17.2. The van der Waals surface area contributed by atoms with Crippen molar-refractivity contribution < 1.29 is 9.90 Å². The van der Waals surface area contributed by atoms with Gasteiger partial charge in [-0.1, -0.05) is 18.2 Å². The monoisotopic (exact) mass is 247 g/mol. The molecule has 0 amide bonds. The number of hydrogen-bond donors (Lipinski definition) is 2. The lowest BCUT2D eigenvalue weighted by atomic mass is 10.1. The Labute approximate surface area is 103 Å². The van der Waals surface area contributed by atoms with Crippen LogP contribution in [0.1, 0.15) is 24.4 Å². The number of thiophene rings is 1. The van der Waals surface area contributed by atoms with E-state index in [2.05, 4.69) is 5.32 Å². The van der Waals surface area contributed by atoms with E-state index in [9.17, 15) is 9.90 Å². The van der Waals surface area contributed by atoms with Gasteiger partial charge < -0.3 is 5.11 Å². The fourth-order valence-corrected chi connectivity index (χ4v) is 2.99. The van der Waals surface area contributed by atoms with Crippen LogP contribution in [-0.4, -0.2) is 17.1 Å². The largest absolute Gasteiger partial charge is 0.480 e. The summed E-state index contributed by atoms with van der Waals surface area (Å²) in [6.45, 7) is 0. The summed E-state index contributed by atoms with van der Waals surface area (Å²) >= 11 is 1.60. The van der Waals surface area contributed by atoms with Gasteiger partial charge in [-0.25, -0.2) is 0 Å². The van der Waals surface area contributed by atoms with Crippen LogP contribution in [0, 0.1) is 0 Å². The lowest BCUT2D eigenvalue weighted by molar-refractivity contribution is -0.139. The van der Waals surface area contributed by atoms with Gasteiger partial charge in [0, 0.05) is 10.7 Å². The molecule has 1 atom stereocenters. The zero-order valence-electron chi connectivity index (χ0n) is 9.22. The molecule has 1 aliphatic rings. The van der Waals surface area contributed by atoms with Crippen LogP contribution < -0.4 is 5.32 Å². The van der Waals surface area contributed by atoms with E-state index in [1.165, 1.54) is 0 Å². The molecule has 0 aliphatic heterocycles. The molecule has 1 fully saturated rings. The SMILES string of the molecule is O=C(O)C(NC1CC1)c1csc2ccccc12. The van der Waals surface area contributed by atoms with Gasteiger partial charge in [-0.2, -0.15) is 0 Å². The van der Waals surface area contributed by atoms with Crippen LogP contribution in [0.4, 0.5) is 0 Å². The zero-order valence-corrected chi connectivity index (χ0v) is 10.0. The first-order valence-electron chi connectivity index (χ1n) is 5.70. The minimum absolute atomic E-state index is 0.384. The fraction of sp³-hybridized carbons (Fsp3) is 0.308. The summed E-state index contributed by atoms with van der Waals surface area (Å²) < 4.78 is 1.14. The van der Waals surface area contributed by atoms with E-state index in [1.807, 2.05) is 29.6 Å². The van der Waals surface area contributed by atoms with Crippen LogP contribution in [0.15, 0.2) is 29.6 Å². The number of carboxylic acid groups (broad SMARTS) is 1. The summed E-state index contributed by atoms with van der Waals surface area (Å²) in [5.41, 5.74) is 0.894. The van der Waals surface area contributed by atoms with Crippen LogP contribution in [0.5, 0.6) is 0 Å². The molecule has 1 saturated carbocycles. The Morgan fingerprint density at radius 1 is 1.41 bits per heavy atom. The standard InChI is InChI=1S/C13H13NO2S/c15-13(16)12(14-8-5-6-8)10-7-17-11-4-2-1-3-9(10)11/h1-4,7-8,12,14H,5-6H2,(H,15,16). The van der Waals surface area contributed by atoms with Gasteiger partial charge in [-0.15, -0.1) is 11.3 Å². The smallest absolute Gasteiger partial charge is 0.325 e. The number of nitrogens with one attached hydrogen (secondary N) is 1. The number of benzene rings is 1. The highest BCUT2D eigenvalue weighted by Crippen LogP contribution is 2.32. The number of aliphatic carboxylic acids is 1. The zero-order chi connectivity index (χ0) is 11.8. The Hall–Kier alpha value is -1.39. The Kier molecular flexibility index (Phi) is 2.61. The van der Waals surface area contributed by atoms with Crippen molar-refractivity contribution in [2.75, 3.05) is 0 Å². The molecular formula is C13H13NO2S. The van der Waals surface area contributed by atoms with E-state index in [0.29, 0.717) is 6.04 Å². The first kappa shape index (κ1) is 10.7. The summed E-state index contributed by atoms with van der Waals surface area (Å²) in [7, 11) is 0. The third kappa shape index (κ3) is 2.06. The highest BCUT2D eigenvalue weighted by molar-refractivity contribution is 7.17. The van der Waals surface area contributed by atoms with E-state index in [-0.39, 0.29) is 0 Å². The predicted octanol–water partition coefficient (Wildman–Crippen LogP) is 2.78. The predicted molar refractivity (Wildman–Crippen MR) is 68.4 cm³/mol. The molecular weight excluding hydrogens is 234 g/mol. The van der Waals surface area contributed by atoms with Crippen molar-refractivity contribution in [1.29, 1.82) is 0 Å². The number of carboxylic acids is 1. The van der Waals surface area contributed by atoms with Gasteiger partial charge in [-0.05, 0) is 35.2 Å². The van der Waals surface area contributed by atoms with Crippen molar-refractivity contribution in [1.82, 2.24) is 5.32 Å². The van der Waals surface area contributed by atoms with Crippen LogP contribution in [0.2, 0.25) is 0 Å². The molecule has 4 heteroatoms. The number of rotatable bonds is 4. The number of fused-ring (bicyclic) bond motifs is 1. The Morgan fingerprint density at radius 2 is 2.18 bits per heavy atom. The summed E-state index contributed by atoms with van der Waals surface area (Å²) in [6, 6.07) is 7.76. The molecule has 3 nitrogen and oxygen atoms in total. The first-order chi connectivity index (χ1) is 8.25. The average Bonchev–Trinajstić information content (AvgIpc) is 3.05. The minimum Gasteiger partial charge on any atom is -0.480 e. The highest BCUT2D eigenvalue weighted by Gasteiger charge is 2.30. The van der Waals surface area contributed by atoms with Gasteiger partial charge in [0.2, 0.25) is 0 Å². The van der Waals surface area contributed by atoms with Crippen LogP contribution in [0.3, 0.4) is 0 Å². The molecule has 1 heterocycles. The van der Waals surface area contributed by atoms with Crippen LogP contribution in [0.25, 0.3) is 10.1 Å². The van der Waals surface area contributed by atoms with E-state index in [0.717, 1.165) is 28.5 Å².